The molecule has 2 aliphatic rings. The van der Waals surface area contributed by atoms with Crippen molar-refractivity contribution in [2.75, 3.05) is 18.5 Å². The summed E-state index contributed by atoms with van der Waals surface area (Å²) in [6.45, 7) is 2.82. The van der Waals surface area contributed by atoms with Gasteiger partial charge in [-0.2, -0.15) is 0 Å². The minimum Gasteiger partial charge on any atom is -0.454 e. The molecule has 7 nitrogen and oxygen atoms in total. The maximum absolute atomic E-state index is 12.6. The molecule has 1 saturated heterocycles. The molecule has 162 valence electrons. The molecule has 0 unspecified atom stereocenters. The highest BCUT2D eigenvalue weighted by Gasteiger charge is 2.52. The monoisotopic (exact) mass is 606 g/mol. The average Bonchev–Trinajstić information content (AvgIpc) is 2.92. The number of alkyl halides is 2. The average molecular weight is 609 g/mol. The van der Waals surface area contributed by atoms with Crippen molar-refractivity contribution in [2.45, 2.75) is 36.3 Å². The molecule has 0 spiro atoms. The third kappa shape index (κ3) is 4.80. The molecule has 1 N–H and O–H groups in total. The number of carbonyl (C=O) groups is 4. The standard InChI is InChI=1S/C20H21Br3N2O5/c1-9-10(2)16(4-3-13(9)21)24-17(26)8-30-18(27)7-25-19(28)11-5-14(22)15(23)6-12(11)20(25)29/h3-4,11-12,14-15H,5-8H2,1-2H3,(H,24,26)/t11-,12-,14+,15+/m1/s1. The molecule has 1 aliphatic heterocycles. The van der Waals surface area contributed by atoms with E-state index in [0.717, 1.165) is 20.5 Å². The van der Waals surface area contributed by atoms with E-state index in [1.807, 2.05) is 19.9 Å². The summed E-state index contributed by atoms with van der Waals surface area (Å²) in [5.74, 6) is -2.83. The van der Waals surface area contributed by atoms with Crippen molar-refractivity contribution in [3.63, 3.8) is 0 Å². The largest absolute Gasteiger partial charge is 0.454 e. The van der Waals surface area contributed by atoms with Crippen LogP contribution < -0.4 is 5.32 Å². The van der Waals surface area contributed by atoms with Crippen LogP contribution in [0.4, 0.5) is 5.69 Å². The summed E-state index contributed by atoms with van der Waals surface area (Å²) in [7, 11) is 0. The highest BCUT2D eigenvalue weighted by Crippen LogP contribution is 2.43. The van der Waals surface area contributed by atoms with E-state index in [9.17, 15) is 19.2 Å². The first-order valence-corrected chi connectivity index (χ1v) is 12.1. The van der Waals surface area contributed by atoms with Crippen LogP contribution >= 0.6 is 47.8 Å². The van der Waals surface area contributed by atoms with Crippen LogP contribution in [0.3, 0.4) is 0 Å². The molecular formula is C20H21Br3N2O5. The van der Waals surface area contributed by atoms with Gasteiger partial charge in [-0.05, 0) is 49.9 Å². The lowest BCUT2D eigenvalue weighted by Gasteiger charge is -2.29. The summed E-state index contributed by atoms with van der Waals surface area (Å²) < 4.78 is 5.93. The highest BCUT2D eigenvalue weighted by atomic mass is 79.9. The van der Waals surface area contributed by atoms with Gasteiger partial charge in [0.15, 0.2) is 6.61 Å². The third-order valence-corrected chi connectivity index (χ3v) is 9.24. The van der Waals surface area contributed by atoms with E-state index < -0.39 is 36.9 Å². The second-order valence-corrected chi connectivity index (χ2v) is 10.7. The number of nitrogens with one attached hydrogen (secondary N) is 1. The van der Waals surface area contributed by atoms with Crippen molar-refractivity contribution >= 4 is 77.2 Å². The van der Waals surface area contributed by atoms with Crippen LogP contribution in [-0.2, 0) is 23.9 Å². The smallest absolute Gasteiger partial charge is 0.326 e. The van der Waals surface area contributed by atoms with Crippen molar-refractivity contribution in [3.8, 4) is 0 Å². The molecule has 0 bridgehead atoms. The van der Waals surface area contributed by atoms with Gasteiger partial charge in [-0.1, -0.05) is 47.8 Å². The molecule has 0 aromatic heterocycles. The molecule has 0 radical (unpaired) electrons. The van der Waals surface area contributed by atoms with E-state index >= 15 is 0 Å². The van der Waals surface area contributed by atoms with E-state index in [2.05, 4.69) is 53.1 Å². The fourth-order valence-electron chi connectivity index (χ4n) is 3.75. The number of esters is 1. The van der Waals surface area contributed by atoms with Gasteiger partial charge in [-0.25, -0.2) is 0 Å². The van der Waals surface area contributed by atoms with Gasteiger partial charge in [-0.15, -0.1) is 0 Å². The number of halogens is 3. The van der Waals surface area contributed by atoms with Crippen molar-refractivity contribution in [2.24, 2.45) is 11.8 Å². The lowest BCUT2D eigenvalue weighted by Crippen LogP contribution is -2.37. The second-order valence-electron chi connectivity index (χ2n) is 7.53. The number of ether oxygens (including phenoxy) is 1. The maximum Gasteiger partial charge on any atom is 0.326 e. The Morgan fingerprint density at radius 3 is 2.20 bits per heavy atom. The molecular weight excluding hydrogens is 588 g/mol. The van der Waals surface area contributed by atoms with E-state index in [0.29, 0.717) is 18.5 Å². The predicted molar refractivity (Wildman–Crippen MR) is 122 cm³/mol. The maximum atomic E-state index is 12.6. The van der Waals surface area contributed by atoms with Crippen LogP contribution in [0, 0.1) is 25.7 Å². The quantitative estimate of drug-likeness (QED) is 0.314. The van der Waals surface area contributed by atoms with Crippen molar-refractivity contribution in [1.82, 2.24) is 4.90 Å². The fourth-order valence-corrected chi connectivity index (χ4v) is 5.42. The van der Waals surface area contributed by atoms with E-state index in [1.165, 1.54) is 0 Å². The number of anilines is 1. The summed E-state index contributed by atoms with van der Waals surface area (Å²) in [5, 5.41) is 2.70. The van der Waals surface area contributed by atoms with Crippen LogP contribution in [0.2, 0.25) is 0 Å². The van der Waals surface area contributed by atoms with Crippen LogP contribution in [0.25, 0.3) is 0 Å². The van der Waals surface area contributed by atoms with Gasteiger partial charge in [0.05, 0.1) is 11.8 Å². The van der Waals surface area contributed by atoms with E-state index in [4.69, 9.17) is 4.74 Å². The highest BCUT2D eigenvalue weighted by molar-refractivity contribution is 9.12. The van der Waals surface area contributed by atoms with Crippen LogP contribution in [0.15, 0.2) is 16.6 Å². The van der Waals surface area contributed by atoms with Gasteiger partial charge in [0.25, 0.3) is 5.91 Å². The Bertz CT molecular complexity index is 879. The molecule has 1 aromatic carbocycles. The first kappa shape index (κ1) is 23.4. The number of amides is 3. The van der Waals surface area contributed by atoms with Gasteiger partial charge in [-0.3, -0.25) is 24.1 Å². The van der Waals surface area contributed by atoms with Gasteiger partial charge in [0, 0.05) is 19.8 Å². The zero-order valence-electron chi connectivity index (χ0n) is 16.4. The summed E-state index contributed by atoms with van der Waals surface area (Å²) in [4.78, 5) is 50.7. The molecule has 3 amide bonds. The van der Waals surface area contributed by atoms with Crippen molar-refractivity contribution in [1.29, 1.82) is 0 Å². The van der Waals surface area contributed by atoms with Gasteiger partial charge in [0.1, 0.15) is 6.54 Å². The number of rotatable bonds is 5. The Kier molecular flexibility index (Phi) is 7.40. The number of benzene rings is 1. The summed E-state index contributed by atoms with van der Waals surface area (Å²) in [5.41, 5.74) is 2.52. The lowest BCUT2D eigenvalue weighted by atomic mass is 9.81. The Morgan fingerprint density at radius 2 is 1.63 bits per heavy atom. The molecule has 10 heteroatoms. The molecule has 30 heavy (non-hydrogen) atoms. The van der Waals surface area contributed by atoms with Crippen LogP contribution in [-0.4, -0.2) is 51.4 Å². The van der Waals surface area contributed by atoms with E-state index in [1.54, 1.807) is 6.07 Å². The van der Waals surface area contributed by atoms with Crippen molar-refractivity contribution < 1.29 is 23.9 Å². The first-order chi connectivity index (χ1) is 14.1. The molecule has 3 rings (SSSR count). The lowest BCUT2D eigenvalue weighted by molar-refractivity contribution is -0.154. The number of hydrogen-bond donors (Lipinski definition) is 1. The fraction of sp³-hybridized carbons (Fsp3) is 0.500. The van der Waals surface area contributed by atoms with Gasteiger partial charge < -0.3 is 10.1 Å². The molecule has 2 fully saturated rings. The predicted octanol–water partition coefficient (Wildman–Crippen LogP) is 3.47. The zero-order valence-corrected chi connectivity index (χ0v) is 21.2. The zero-order chi connectivity index (χ0) is 22.2. The SMILES string of the molecule is Cc1c(Br)ccc(NC(=O)COC(=O)CN2C(=O)[C@@H]3C[C@H](Br)[C@@H](Br)C[C@H]3C2=O)c1C. The Balaban J connectivity index is 1.53. The number of likely N-dealkylation sites (tertiary alicyclic amines) is 1. The topological polar surface area (TPSA) is 92.8 Å². The Hall–Kier alpha value is -1.26. The first-order valence-electron chi connectivity index (χ1n) is 9.44. The number of imide groups is 1. The summed E-state index contributed by atoms with van der Waals surface area (Å²) in [6, 6.07) is 3.58. The molecule has 4 atom stereocenters. The molecule has 1 saturated carbocycles. The number of hydrogen-bond acceptors (Lipinski definition) is 5. The molecule has 1 aromatic rings. The van der Waals surface area contributed by atoms with Gasteiger partial charge in [0.2, 0.25) is 11.8 Å². The van der Waals surface area contributed by atoms with E-state index in [-0.39, 0.29) is 21.5 Å². The summed E-state index contributed by atoms with van der Waals surface area (Å²) in [6.07, 6.45) is 1.07. The van der Waals surface area contributed by atoms with Crippen LogP contribution in [0.1, 0.15) is 24.0 Å². The summed E-state index contributed by atoms with van der Waals surface area (Å²) >= 11 is 10.5. The van der Waals surface area contributed by atoms with Crippen LogP contribution in [0.5, 0.6) is 0 Å². The third-order valence-electron chi connectivity index (χ3n) is 5.65. The molecule has 1 aliphatic carbocycles. The number of fused-ring (bicyclic) bond motifs is 1. The van der Waals surface area contributed by atoms with Crippen molar-refractivity contribution in [3.05, 3.63) is 27.7 Å². The van der Waals surface area contributed by atoms with Gasteiger partial charge >= 0.3 is 5.97 Å². The Morgan fingerprint density at radius 1 is 1.07 bits per heavy atom. The minimum atomic E-state index is -0.792. The second kappa shape index (κ2) is 9.48. The number of carbonyl (C=O) groups excluding carboxylic acids is 4. The molecule has 1 heterocycles. The normalized spacial score (nSPS) is 25.8. The number of nitrogens with zero attached hydrogens (tertiary/aromatic N) is 1. The Labute approximate surface area is 199 Å². The minimum absolute atomic E-state index is 0.0943.